The highest BCUT2D eigenvalue weighted by molar-refractivity contribution is 5.81. The summed E-state index contributed by atoms with van der Waals surface area (Å²) in [4.78, 5) is 4.28. The standard InChI is InChI=1S/C13H15NO2/c1-16-9-11(15)8-10-6-7-14-13-5-3-2-4-12(10)13/h2-7,11,15H,8-9H2,1H3. The highest BCUT2D eigenvalue weighted by atomic mass is 16.5. The molecule has 0 aliphatic carbocycles. The van der Waals surface area contributed by atoms with Gasteiger partial charge in [0.25, 0.3) is 0 Å². The van der Waals surface area contributed by atoms with Crippen LogP contribution in [0.2, 0.25) is 0 Å². The largest absolute Gasteiger partial charge is 0.390 e. The highest BCUT2D eigenvalue weighted by Gasteiger charge is 2.07. The van der Waals surface area contributed by atoms with Crippen molar-refractivity contribution in [2.75, 3.05) is 13.7 Å². The smallest absolute Gasteiger partial charge is 0.0813 e. The van der Waals surface area contributed by atoms with Crippen LogP contribution in [0.15, 0.2) is 36.5 Å². The van der Waals surface area contributed by atoms with Gasteiger partial charge in [0.1, 0.15) is 0 Å². The second kappa shape index (κ2) is 5.05. The number of hydrogen-bond donors (Lipinski definition) is 1. The molecule has 0 amide bonds. The van der Waals surface area contributed by atoms with Gasteiger partial charge in [0.15, 0.2) is 0 Å². The molecule has 3 heteroatoms. The number of methoxy groups -OCH3 is 1. The number of aromatic nitrogens is 1. The quantitative estimate of drug-likeness (QED) is 0.849. The fraction of sp³-hybridized carbons (Fsp3) is 0.308. The molecule has 0 fully saturated rings. The van der Waals surface area contributed by atoms with Gasteiger partial charge >= 0.3 is 0 Å². The van der Waals surface area contributed by atoms with Crippen LogP contribution in [0, 0.1) is 0 Å². The van der Waals surface area contributed by atoms with Gasteiger partial charge in [0, 0.05) is 25.1 Å². The Morgan fingerprint density at radius 2 is 2.12 bits per heavy atom. The average molecular weight is 217 g/mol. The van der Waals surface area contributed by atoms with Gasteiger partial charge in [-0.25, -0.2) is 0 Å². The molecule has 0 saturated carbocycles. The predicted octanol–water partition coefficient (Wildman–Crippen LogP) is 1.78. The second-order valence-electron chi connectivity index (χ2n) is 3.80. The molecule has 0 aliphatic rings. The summed E-state index contributed by atoms with van der Waals surface area (Å²) in [6.07, 6.45) is 1.91. The molecule has 2 rings (SSSR count). The van der Waals surface area contributed by atoms with E-state index in [0.717, 1.165) is 16.5 Å². The monoisotopic (exact) mass is 217 g/mol. The Bertz CT molecular complexity index is 465. The number of nitrogens with zero attached hydrogens (tertiary/aromatic N) is 1. The van der Waals surface area contributed by atoms with Crippen LogP contribution in [0.3, 0.4) is 0 Å². The van der Waals surface area contributed by atoms with Crippen molar-refractivity contribution in [2.24, 2.45) is 0 Å². The van der Waals surface area contributed by atoms with E-state index in [4.69, 9.17) is 4.74 Å². The number of ether oxygens (including phenoxy) is 1. The molecule has 1 N–H and O–H groups in total. The average Bonchev–Trinajstić information content (AvgIpc) is 2.30. The molecule has 16 heavy (non-hydrogen) atoms. The maximum Gasteiger partial charge on any atom is 0.0813 e. The Balaban J connectivity index is 2.30. The van der Waals surface area contributed by atoms with Gasteiger partial charge < -0.3 is 9.84 Å². The molecule has 0 saturated heterocycles. The van der Waals surface area contributed by atoms with E-state index in [1.54, 1.807) is 13.3 Å². The van der Waals surface area contributed by atoms with Crippen molar-refractivity contribution in [1.82, 2.24) is 4.98 Å². The molecule has 1 aromatic heterocycles. The van der Waals surface area contributed by atoms with Gasteiger partial charge in [-0.05, 0) is 17.7 Å². The van der Waals surface area contributed by atoms with E-state index in [2.05, 4.69) is 4.98 Å². The van der Waals surface area contributed by atoms with Crippen molar-refractivity contribution >= 4 is 10.9 Å². The molecule has 0 radical (unpaired) electrons. The molecule has 0 spiro atoms. The number of pyridine rings is 1. The maximum atomic E-state index is 9.72. The lowest BCUT2D eigenvalue weighted by molar-refractivity contribution is 0.0652. The fourth-order valence-corrected chi connectivity index (χ4v) is 1.84. The molecular weight excluding hydrogens is 202 g/mol. The number of hydrogen-bond acceptors (Lipinski definition) is 3. The SMILES string of the molecule is COCC(O)Cc1ccnc2ccccc12. The molecule has 2 aromatic rings. The molecule has 0 bridgehead atoms. The number of rotatable bonds is 4. The number of benzene rings is 1. The van der Waals surface area contributed by atoms with Crippen molar-refractivity contribution < 1.29 is 9.84 Å². The van der Waals surface area contributed by atoms with Gasteiger partial charge in [0.05, 0.1) is 18.2 Å². The van der Waals surface area contributed by atoms with Crippen LogP contribution in [0.4, 0.5) is 0 Å². The molecule has 1 unspecified atom stereocenters. The maximum absolute atomic E-state index is 9.72. The first kappa shape index (κ1) is 11.0. The Hall–Kier alpha value is -1.45. The first-order chi connectivity index (χ1) is 7.81. The zero-order valence-electron chi connectivity index (χ0n) is 9.26. The van der Waals surface area contributed by atoms with E-state index in [1.165, 1.54) is 0 Å². The predicted molar refractivity (Wildman–Crippen MR) is 63.3 cm³/mol. The van der Waals surface area contributed by atoms with E-state index in [0.29, 0.717) is 13.0 Å². The van der Waals surface area contributed by atoms with Gasteiger partial charge in [0.2, 0.25) is 0 Å². The van der Waals surface area contributed by atoms with Crippen molar-refractivity contribution in [2.45, 2.75) is 12.5 Å². The van der Waals surface area contributed by atoms with E-state index < -0.39 is 6.10 Å². The van der Waals surface area contributed by atoms with E-state index in [-0.39, 0.29) is 0 Å². The lowest BCUT2D eigenvalue weighted by atomic mass is 10.0. The molecular formula is C13H15NO2. The fourth-order valence-electron chi connectivity index (χ4n) is 1.84. The van der Waals surface area contributed by atoms with Crippen LogP contribution in [0.1, 0.15) is 5.56 Å². The molecule has 3 nitrogen and oxygen atoms in total. The van der Waals surface area contributed by atoms with Gasteiger partial charge in [-0.3, -0.25) is 4.98 Å². The van der Waals surface area contributed by atoms with Crippen molar-refractivity contribution in [1.29, 1.82) is 0 Å². The topological polar surface area (TPSA) is 42.4 Å². The van der Waals surface area contributed by atoms with Crippen LogP contribution < -0.4 is 0 Å². The number of aliphatic hydroxyl groups is 1. The third-order valence-corrected chi connectivity index (χ3v) is 2.55. The minimum Gasteiger partial charge on any atom is -0.390 e. The van der Waals surface area contributed by atoms with Gasteiger partial charge in [-0.15, -0.1) is 0 Å². The third kappa shape index (κ3) is 2.38. The molecule has 1 aromatic carbocycles. The summed E-state index contributed by atoms with van der Waals surface area (Å²) in [5.41, 5.74) is 2.07. The van der Waals surface area contributed by atoms with E-state index in [1.807, 2.05) is 30.3 Å². The highest BCUT2D eigenvalue weighted by Crippen LogP contribution is 2.17. The zero-order valence-corrected chi connectivity index (χ0v) is 9.26. The summed E-state index contributed by atoms with van der Waals surface area (Å²) in [6.45, 7) is 0.358. The minimum atomic E-state index is -0.462. The minimum absolute atomic E-state index is 0.358. The first-order valence-corrected chi connectivity index (χ1v) is 5.31. The summed E-state index contributed by atoms with van der Waals surface area (Å²) in [7, 11) is 1.59. The third-order valence-electron chi connectivity index (χ3n) is 2.55. The normalized spacial score (nSPS) is 12.9. The van der Waals surface area contributed by atoms with Crippen molar-refractivity contribution in [3.8, 4) is 0 Å². The van der Waals surface area contributed by atoms with Crippen LogP contribution in [-0.4, -0.2) is 29.9 Å². The van der Waals surface area contributed by atoms with E-state index >= 15 is 0 Å². The lowest BCUT2D eigenvalue weighted by Crippen LogP contribution is -2.17. The summed E-state index contributed by atoms with van der Waals surface area (Å²) >= 11 is 0. The van der Waals surface area contributed by atoms with Crippen LogP contribution in [-0.2, 0) is 11.2 Å². The van der Waals surface area contributed by atoms with Crippen LogP contribution >= 0.6 is 0 Å². The Labute approximate surface area is 94.7 Å². The van der Waals surface area contributed by atoms with Gasteiger partial charge in [-0.2, -0.15) is 0 Å². The summed E-state index contributed by atoms with van der Waals surface area (Å²) in [6, 6.07) is 9.89. The summed E-state index contributed by atoms with van der Waals surface area (Å²) in [5, 5.41) is 10.8. The number of fused-ring (bicyclic) bond motifs is 1. The molecule has 1 heterocycles. The zero-order chi connectivity index (χ0) is 11.4. The molecule has 1 atom stereocenters. The van der Waals surface area contributed by atoms with Crippen LogP contribution in [0.25, 0.3) is 10.9 Å². The van der Waals surface area contributed by atoms with E-state index in [9.17, 15) is 5.11 Å². The first-order valence-electron chi connectivity index (χ1n) is 5.31. The van der Waals surface area contributed by atoms with Crippen molar-refractivity contribution in [3.05, 3.63) is 42.1 Å². The number of aliphatic hydroxyl groups excluding tert-OH is 1. The Morgan fingerprint density at radius 3 is 2.94 bits per heavy atom. The van der Waals surface area contributed by atoms with Crippen molar-refractivity contribution in [3.63, 3.8) is 0 Å². The second-order valence-corrected chi connectivity index (χ2v) is 3.80. The summed E-state index contributed by atoms with van der Waals surface area (Å²) < 4.78 is 4.92. The molecule has 84 valence electrons. The summed E-state index contributed by atoms with van der Waals surface area (Å²) in [5.74, 6) is 0. The number of para-hydroxylation sites is 1. The van der Waals surface area contributed by atoms with Crippen LogP contribution in [0.5, 0.6) is 0 Å². The lowest BCUT2D eigenvalue weighted by Gasteiger charge is -2.11. The Kier molecular flexibility index (Phi) is 3.49. The molecule has 0 aliphatic heterocycles. The Morgan fingerprint density at radius 1 is 1.31 bits per heavy atom. The van der Waals surface area contributed by atoms with Gasteiger partial charge in [-0.1, -0.05) is 18.2 Å².